The lowest BCUT2D eigenvalue weighted by molar-refractivity contribution is -0.140. The minimum atomic E-state index is -0.205. The maximum Gasteiger partial charge on any atom is 0.305 e. The predicted octanol–water partition coefficient (Wildman–Crippen LogP) is 3.45. The fraction of sp³-hybridized carbons (Fsp3) is 0.333. The summed E-state index contributed by atoms with van der Waals surface area (Å²) < 4.78 is 10.1. The van der Waals surface area contributed by atoms with E-state index in [0.717, 1.165) is 22.0 Å². The van der Waals surface area contributed by atoms with Crippen LogP contribution in [0.2, 0.25) is 0 Å². The number of nitrogens with zero attached hydrogens (tertiary/aromatic N) is 1. The van der Waals surface area contributed by atoms with Crippen LogP contribution in [-0.4, -0.2) is 24.7 Å². The van der Waals surface area contributed by atoms with Gasteiger partial charge in [0.15, 0.2) is 0 Å². The number of carbonyl (C=O) groups is 1. The molecule has 106 valence electrons. The van der Waals surface area contributed by atoms with Crippen molar-refractivity contribution in [2.24, 2.45) is 0 Å². The van der Waals surface area contributed by atoms with Gasteiger partial charge in [0.2, 0.25) is 0 Å². The highest BCUT2D eigenvalue weighted by atomic mass is 32.1. The van der Waals surface area contributed by atoms with Gasteiger partial charge in [-0.25, -0.2) is 4.98 Å². The summed E-state index contributed by atoms with van der Waals surface area (Å²) in [5.74, 6) is 0.593. The van der Waals surface area contributed by atoms with Crippen molar-refractivity contribution in [3.05, 3.63) is 35.3 Å². The molecule has 1 aromatic carbocycles. The molecule has 2 aromatic rings. The Kier molecular flexibility index (Phi) is 5.12. The third kappa shape index (κ3) is 4.06. The zero-order valence-electron chi connectivity index (χ0n) is 11.6. The zero-order chi connectivity index (χ0) is 14.4. The number of aromatic nitrogens is 1. The molecule has 0 atom stereocenters. The smallest absolute Gasteiger partial charge is 0.305 e. The second-order valence-electron chi connectivity index (χ2n) is 4.35. The lowest BCUT2D eigenvalue weighted by atomic mass is 10.2. The molecule has 0 spiro atoms. The van der Waals surface area contributed by atoms with Gasteiger partial charge in [-0.3, -0.25) is 4.79 Å². The minimum absolute atomic E-state index is 0.205. The van der Waals surface area contributed by atoms with Crippen LogP contribution in [0.25, 0.3) is 10.6 Å². The number of hydrogen-bond acceptors (Lipinski definition) is 5. The van der Waals surface area contributed by atoms with E-state index < -0.39 is 0 Å². The van der Waals surface area contributed by atoms with Gasteiger partial charge in [-0.05, 0) is 37.6 Å². The molecule has 0 amide bonds. The van der Waals surface area contributed by atoms with Crippen LogP contribution in [-0.2, 0) is 9.53 Å². The summed E-state index contributed by atoms with van der Waals surface area (Å²) in [5.41, 5.74) is 2.12. The zero-order valence-corrected chi connectivity index (χ0v) is 12.4. The van der Waals surface area contributed by atoms with E-state index >= 15 is 0 Å². The van der Waals surface area contributed by atoms with Gasteiger partial charge in [0.05, 0.1) is 13.7 Å². The lowest BCUT2D eigenvalue weighted by Gasteiger charge is -2.06. The molecule has 1 aromatic heterocycles. The summed E-state index contributed by atoms with van der Waals surface area (Å²) in [6.45, 7) is 2.49. The summed E-state index contributed by atoms with van der Waals surface area (Å²) in [5, 5.41) is 3.05. The van der Waals surface area contributed by atoms with Crippen molar-refractivity contribution in [2.45, 2.75) is 19.8 Å². The van der Waals surface area contributed by atoms with Gasteiger partial charge < -0.3 is 9.47 Å². The highest BCUT2D eigenvalue weighted by Crippen LogP contribution is 2.25. The van der Waals surface area contributed by atoms with E-state index in [0.29, 0.717) is 19.4 Å². The predicted molar refractivity (Wildman–Crippen MR) is 79.0 cm³/mol. The molecule has 4 nitrogen and oxygen atoms in total. The van der Waals surface area contributed by atoms with Crippen LogP contribution >= 0.6 is 11.3 Å². The molecule has 0 unspecified atom stereocenters. The van der Waals surface area contributed by atoms with Gasteiger partial charge in [-0.2, -0.15) is 0 Å². The third-order valence-corrected chi connectivity index (χ3v) is 3.75. The molecule has 0 bridgehead atoms. The summed E-state index contributed by atoms with van der Waals surface area (Å²) in [6.07, 6.45) is 1.03. The highest BCUT2D eigenvalue weighted by molar-refractivity contribution is 7.13. The van der Waals surface area contributed by atoms with Crippen LogP contribution in [0, 0.1) is 6.92 Å². The largest absolute Gasteiger partial charge is 0.494 e. The van der Waals surface area contributed by atoms with Gasteiger partial charge >= 0.3 is 5.97 Å². The number of ether oxygens (including phenoxy) is 2. The number of methoxy groups -OCH3 is 1. The van der Waals surface area contributed by atoms with E-state index in [-0.39, 0.29) is 5.97 Å². The maximum absolute atomic E-state index is 10.9. The molecule has 20 heavy (non-hydrogen) atoms. The molecule has 0 radical (unpaired) electrons. The topological polar surface area (TPSA) is 48.4 Å². The van der Waals surface area contributed by atoms with Crippen LogP contribution in [0.1, 0.15) is 18.5 Å². The van der Waals surface area contributed by atoms with E-state index in [1.165, 1.54) is 7.11 Å². The van der Waals surface area contributed by atoms with Crippen molar-refractivity contribution in [2.75, 3.05) is 13.7 Å². The Morgan fingerprint density at radius 2 is 2.05 bits per heavy atom. The van der Waals surface area contributed by atoms with E-state index in [2.05, 4.69) is 9.72 Å². The first-order valence-electron chi connectivity index (χ1n) is 6.41. The van der Waals surface area contributed by atoms with Crippen LogP contribution in [0.3, 0.4) is 0 Å². The molecule has 0 aliphatic heterocycles. The van der Waals surface area contributed by atoms with Gasteiger partial charge in [0.25, 0.3) is 0 Å². The Bertz CT molecular complexity index is 563. The quantitative estimate of drug-likeness (QED) is 0.604. The third-order valence-electron chi connectivity index (χ3n) is 2.74. The summed E-state index contributed by atoms with van der Waals surface area (Å²) in [7, 11) is 1.39. The Labute approximate surface area is 122 Å². The lowest BCUT2D eigenvalue weighted by Crippen LogP contribution is -2.04. The summed E-state index contributed by atoms with van der Waals surface area (Å²) >= 11 is 1.63. The van der Waals surface area contributed by atoms with Gasteiger partial charge in [0.1, 0.15) is 10.8 Å². The number of rotatable bonds is 6. The molecular weight excluding hydrogens is 274 g/mol. The Morgan fingerprint density at radius 3 is 2.65 bits per heavy atom. The first-order chi connectivity index (χ1) is 9.69. The minimum Gasteiger partial charge on any atom is -0.494 e. The van der Waals surface area contributed by atoms with E-state index in [4.69, 9.17) is 4.74 Å². The van der Waals surface area contributed by atoms with Crippen molar-refractivity contribution in [3.8, 4) is 16.3 Å². The van der Waals surface area contributed by atoms with Crippen molar-refractivity contribution >= 4 is 17.3 Å². The highest BCUT2D eigenvalue weighted by Gasteiger charge is 2.03. The van der Waals surface area contributed by atoms with Crippen LogP contribution in [0.4, 0.5) is 0 Å². The first-order valence-corrected chi connectivity index (χ1v) is 7.29. The van der Waals surface area contributed by atoms with E-state index in [9.17, 15) is 4.79 Å². The second kappa shape index (κ2) is 7.05. The van der Waals surface area contributed by atoms with E-state index in [1.54, 1.807) is 11.3 Å². The number of esters is 1. The normalized spacial score (nSPS) is 10.3. The average Bonchev–Trinajstić information content (AvgIpc) is 2.90. The standard InChI is InChI=1S/C15H17NO3S/c1-11-10-20-15(16-11)12-5-7-13(8-6-12)19-9-3-4-14(17)18-2/h5-8,10H,3-4,9H2,1-2H3. The number of thiazole rings is 1. The van der Waals surface area contributed by atoms with Gasteiger partial charge in [-0.15, -0.1) is 11.3 Å². The molecule has 1 heterocycles. The molecule has 0 saturated carbocycles. The molecule has 0 aliphatic carbocycles. The average molecular weight is 291 g/mol. The first kappa shape index (κ1) is 14.5. The van der Waals surface area contributed by atoms with E-state index in [1.807, 2.05) is 36.6 Å². The fourth-order valence-electron chi connectivity index (χ4n) is 1.69. The molecule has 0 aliphatic rings. The Morgan fingerprint density at radius 1 is 1.30 bits per heavy atom. The number of hydrogen-bond donors (Lipinski definition) is 0. The molecule has 5 heteroatoms. The molecular formula is C15H17NO3S. The molecule has 0 fully saturated rings. The molecule has 0 saturated heterocycles. The van der Waals surface area contributed by atoms with Crippen molar-refractivity contribution in [1.29, 1.82) is 0 Å². The number of carbonyl (C=O) groups excluding carboxylic acids is 1. The number of aryl methyl sites for hydroxylation is 1. The maximum atomic E-state index is 10.9. The Hall–Kier alpha value is -1.88. The van der Waals surface area contributed by atoms with Gasteiger partial charge in [0, 0.05) is 23.1 Å². The van der Waals surface area contributed by atoms with Crippen LogP contribution in [0.5, 0.6) is 5.75 Å². The monoisotopic (exact) mass is 291 g/mol. The van der Waals surface area contributed by atoms with Crippen LogP contribution in [0.15, 0.2) is 29.6 Å². The van der Waals surface area contributed by atoms with Crippen LogP contribution < -0.4 is 4.74 Å². The number of benzene rings is 1. The van der Waals surface area contributed by atoms with Gasteiger partial charge in [-0.1, -0.05) is 0 Å². The summed E-state index contributed by atoms with van der Waals surface area (Å²) in [4.78, 5) is 15.4. The summed E-state index contributed by atoms with van der Waals surface area (Å²) in [6, 6.07) is 7.83. The Balaban J connectivity index is 1.84. The fourth-order valence-corrected chi connectivity index (χ4v) is 2.49. The molecule has 2 rings (SSSR count). The van der Waals surface area contributed by atoms with Crippen molar-refractivity contribution < 1.29 is 14.3 Å². The second-order valence-corrected chi connectivity index (χ2v) is 5.20. The molecule has 0 N–H and O–H groups in total. The SMILES string of the molecule is COC(=O)CCCOc1ccc(-c2nc(C)cs2)cc1. The van der Waals surface area contributed by atoms with Crippen molar-refractivity contribution in [1.82, 2.24) is 4.98 Å². The van der Waals surface area contributed by atoms with Crippen molar-refractivity contribution in [3.63, 3.8) is 0 Å².